The first-order valence-corrected chi connectivity index (χ1v) is 5.51. The van der Waals surface area contributed by atoms with Crippen molar-refractivity contribution in [3.8, 4) is 0 Å². The highest BCUT2D eigenvalue weighted by atomic mass is 32.2. The molecule has 0 saturated heterocycles. The minimum Gasteiger partial charge on any atom is -0.382 e. The quantitative estimate of drug-likeness (QED) is 0.579. The van der Waals surface area contributed by atoms with Crippen molar-refractivity contribution in [2.45, 2.75) is 0 Å². The van der Waals surface area contributed by atoms with Gasteiger partial charge in [0.25, 0.3) is 0 Å². The third-order valence-corrected chi connectivity index (χ3v) is 2.14. The molecule has 1 rings (SSSR count). The molecule has 0 aliphatic carbocycles. The highest BCUT2D eigenvalue weighted by Crippen LogP contribution is 2.00. The van der Waals surface area contributed by atoms with Crippen LogP contribution in [0.4, 0.5) is 11.6 Å². The minimum absolute atomic E-state index is 0.154. The van der Waals surface area contributed by atoms with Gasteiger partial charge in [-0.15, -0.1) is 0 Å². The fraction of sp³-hybridized carbons (Fsp3) is 0.333. The van der Waals surface area contributed by atoms with Gasteiger partial charge in [-0.1, -0.05) is 0 Å². The van der Waals surface area contributed by atoms with Crippen LogP contribution in [-0.4, -0.2) is 30.7 Å². The lowest BCUT2D eigenvalue weighted by molar-refractivity contribution is 0.598. The second-order valence-corrected chi connectivity index (χ2v) is 4.35. The third kappa shape index (κ3) is 4.01. The molecule has 0 atom stereocenters. The predicted molar refractivity (Wildman–Crippen MR) is 52.9 cm³/mol. The maximum Gasteiger partial charge on any atom is 0.210 e. The van der Waals surface area contributed by atoms with Gasteiger partial charge in [-0.05, 0) is 0 Å². The lowest BCUT2D eigenvalue weighted by atomic mass is 10.6. The number of rotatable bonds is 4. The molecule has 8 heteroatoms. The van der Waals surface area contributed by atoms with Gasteiger partial charge in [-0.2, -0.15) is 0 Å². The van der Waals surface area contributed by atoms with Crippen LogP contribution in [0.2, 0.25) is 0 Å². The summed E-state index contributed by atoms with van der Waals surface area (Å²) in [6.45, 7) is 0.192. The van der Waals surface area contributed by atoms with Gasteiger partial charge in [0.15, 0.2) is 0 Å². The normalized spacial score (nSPS) is 11.2. The largest absolute Gasteiger partial charge is 0.382 e. The monoisotopic (exact) mass is 217 g/mol. The molecule has 0 bridgehead atoms. The molecule has 0 aromatic carbocycles. The van der Waals surface area contributed by atoms with Crippen molar-refractivity contribution in [1.29, 1.82) is 0 Å². The van der Waals surface area contributed by atoms with Gasteiger partial charge < -0.3 is 11.1 Å². The predicted octanol–water partition coefficient (Wildman–Crippen LogP) is -1.24. The summed E-state index contributed by atoms with van der Waals surface area (Å²) in [4.78, 5) is 7.63. The zero-order chi connectivity index (χ0) is 10.6. The summed E-state index contributed by atoms with van der Waals surface area (Å²) in [7, 11) is -3.44. The second-order valence-electron chi connectivity index (χ2n) is 2.62. The number of nitrogen functional groups attached to an aromatic ring is 1. The average molecular weight is 217 g/mol. The van der Waals surface area contributed by atoms with E-state index in [1.807, 2.05) is 0 Å². The molecule has 78 valence electrons. The lowest BCUT2D eigenvalue weighted by Gasteiger charge is -2.03. The number of nitrogens with one attached hydrogen (secondary N) is 1. The Kier molecular flexibility index (Phi) is 3.20. The van der Waals surface area contributed by atoms with Crippen LogP contribution in [0.1, 0.15) is 0 Å². The summed E-state index contributed by atoms with van der Waals surface area (Å²) in [5.41, 5.74) is 5.31. The number of primary sulfonamides is 1. The van der Waals surface area contributed by atoms with Crippen molar-refractivity contribution in [3.05, 3.63) is 12.4 Å². The van der Waals surface area contributed by atoms with Crippen molar-refractivity contribution in [1.82, 2.24) is 9.97 Å². The molecule has 0 fully saturated rings. The summed E-state index contributed by atoms with van der Waals surface area (Å²) in [5, 5.41) is 7.54. The average Bonchev–Trinajstić information content (AvgIpc) is 2.06. The fourth-order valence-electron chi connectivity index (χ4n) is 0.751. The third-order valence-electron chi connectivity index (χ3n) is 1.36. The Morgan fingerprint density at radius 2 is 2.07 bits per heavy atom. The number of hydrogen-bond acceptors (Lipinski definition) is 6. The summed E-state index contributed by atoms with van der Waals surface area (Å²) < 4.78 is 21.1. The van der Waals surface area contributed by atoms with Gasteiger partial charge in [0.2, 0.25) is 10.0 Å². The minimum atomic E-state index is -3.44. The smallest absolute Gasteiger partial charge is 0.210 e. The van der Waals surface area contributed by atoms with Gasteiger partial charge in [-0.25, -0.2) is 23.5 Å². The molecule has 0 radical (unpaired) electrons. The van der Waals surface area contributed by atoms with Crippen molar-refractivity contribution >= 4 is 21.7 Å². The van der Waals surface area contributed by atoms with Crippen LogP contribution < -0.4 is 16.2 Å². The van der Waals surface area contributed by atoms with Crippen molar-refractivity contribution in [3.63, 3.8) is 0 Å². The maximum absolute atomic E-state index is 10.6. The van der Waals surface area contributed by atoms with Crippen molar-refractivity contribution < 1.29 is 8.42 Å². The van der Waals surface area contributed by atoms with E-state index in [-0.39, 0.29) is 12.3 Å². The molecule has 7 nitrogen and oxygen atoms in total. The number of anilines is 2. The Hall–Kier alpha value is -1.41. The fourth-order valence-corrected chi connectivity index (χ4v) is 1.14. The van der Waals surface area contributed by atoms with E-state index < -0.39 is 10.0 Å². The van der Waals surface area contributed by atoms with Crippen LogP contribution in [0, 0.1) is 0 Å². The van der Waals surface area contributed by atoms with Crippen LogP contribution in [0.25, 0.3) is 0 Å². The maximum atomic E-state index is 10.6. The molecular weight excluding hydrogens is 206 g/mol. The van der Waals surface area contributed by atoms with E-state index in [4.69, 9.17) is 10.9 Å². The number of nitrogens with zero attached hydrogens (tertiary/aromatic N) is 2. The first-order chi connectivity index (χ1) is 6.47. The number of sulfonamides is 1. The topological polar surface area (TPSA) is 124 Å². The van der Waals surface area contributed by atoms with Gasteiger partial charge in [0.05, 0.1) is 18.1 Å². The van der Waals surface area contributed by atoms with Gasteiger partial charge in [0, 0.05) is 6.54 Å². The molecule has 5 N–H and O–H groups in total. The molecule has 0 aliphatic heterocycles. The van der Waals surface area contributed by atoms with E-state index in [1.165, 1.54) is 12.4 Å². The van der Waals surface area contributed by atoms with Crippen LogP contribution in [-0.2, 0) is 10.0 Å². The Morgan fingerprint density at radius 1 is 1.36 bits per heavy atom. The van der Waals surface area contributed by atoms with Crippen LogP contribution in [0.5, 0.6) is 0 Å². The Labute approximate surface area is 81.6 Å². The van der Waals surface area contributed by atoms with Crippen LogP contribution in [0.15, 0.2) is 12.4 Å². The molecule has 0 amide bonds. The molecule has 0 spiro atoms. The van der Waals surface area contributed by atoms with Crippen molar-refractivity contribution in [2.24, 2.45) is 5.14 Å². The van der Waals surface area contributed by atoms with E-state index in [0.717, 1.165) is 0 Å². The molecule has 0 saturated carbocycles. The Bertz CT molecular complexity index is 387. The molecule has 1 aromatic heterocycles. The number of nitrogens with two attached hydrogens (primary N) is 2. The Balaban J connectivity index is 2.43. The van der Waals surface area contributed by atoms with E-state index in [0.29, 0.717) is 11.6 Å². The SMILES string of the molecule is Nc1cnc(NCCS(N)(=O)=O)cn1. The molecular formula is C6H11N5O2S. The standard InChI is InChI=1S/C6H11N5O2S/c7-5-3-11-6(4-10-5)9-1-2-14(8,12)13/h3-4H,1-2H2,(H2,7,10)(H,9,11)(H2,8,12,13). The summed E-state index contributed by atoms with van der Waals surface area (Å²) in [6.07, 6.45) is 2.79. The van der Waals surface area contributed by atoms with Crippen LogP contribution >= 0.6 is 0 Å². The molecule has 1 aromatic rings. The first kappa shape index (κ1) is 10.7. The second kappa shape index (κ2) is 4.20. The van der Waals surface area contributed by atoms with Gasteiger partial charge in [-0.3, -0.25) is 0 Å². The summed E-state index contributed by atoms with van der Waals surface area (Å²) >= 11 is 0. The van der Waals surface area contributed by atoms with E-state index in [9.17, 15) is 8.42 Å². The highest BCUT2D eigenvalue weighted by molar-refractivity contribution is 7.89. The van der Waals surface area contributed by atoms with E-state index in [2.05, 4.69) is 15.3 Å². The van der Waals surface area contributed by atoms with E-state index >= 15 is 0 Å². The van der Waals surface area contributed by atoms with E-state index in [1.54, 1.807) is 0 Å². The van der Waals surface area contributed by atoms with Gasteiger partial charge >= 0.3 is 0 Å². The summed E-state index contributed by atoms with van der Waals surface area (Å²) in [5.74, 6) is 0.615. The first-order valence-electron chi connectivity index (χ1n) is 3.79. The van der Waals surface area contributed by atoms with Gasteiger partial charge in [0.1, 0.15) is 11.6 Å². The zero-order valence-electron chi connectivity index (χ0n) is 7.34. The lowest BCUT2D eigenvalue weighted by Crippen LogP contribution is -2.22. The zero-order valence-corrected chi connectivity index (χ0v) is 8.16. The summed E-state index contributed by atoms with van der Waals surface area (Å²) in [6, 6.07) is 0. The Morgan fingerprint density at radius 3 is 2.57 bits per heavy atom. The molecule has 0 unspecified atom stereocenters. The number of aromatic nitrogens is 2. The highest BCUT2D eigenvalue weighted by Gasteiger charge is 2.01. The molecule has 14 heavy (non-hydrogen) atoms. The van der Waals surface area contributed by atoms with Crippen LogP contribution in [0.3, 0.4) is 0 Å². The molecule has 0 aliphatic rings. The van der Waals surface area contributed by atoms with Crippen molar-refractivity contribution in [2.75, 3.05) is 23.3 Å². The number of hydrogen-bond donors (Lipinski definition) is 3. The molecule has 1 heterocycles.